The zero-order chi connectivity index (χ0) is 13.1. The molecule has 0 atom stereocenters. The molecular formula is C13H12ClFN2O. The van der Waals surface area contributed by atoms with Crippen molar-refractivity contribution in [3.8, 4) is 11.3 Å². The lowest BCUT2D eigenvalue weighted by molar-refractivity contribution is 0.613. The van der Waals surface area contributed by atoms with Gasteiger partial charge >= 0.3 is 0 Å². The fourth-order valence-electron chi connectivity index (χ4n) is 1.67. The van der Waals surface area contributed by atoms with Crippen LogP contribution in [0.5, 0.6) is 0 Å². The predicted molar refractivity (Wildman–Crippen MR) is 69.1 cm³/mol. The summed E-state index contributed by atoms with van der Waals surface area (Å²) in [5, 5.41) is 4.22. The molecule has 1 aromatic heterocycles. The van der Waals surface area contributed by atoms with Gasteiger partial charge in [-0.1, -0.05) is 0 Å². The maximum Gasteiger partial charge on any atom is 0.271 e. The molecule has 94 valence electrons. The minimum absolute atomic E-state index is 0.134. The van der Waals surface area contributed by atoms with E-state index in [1.54, 1.807) is 18.2 Å². The van der Waals surface area contributed by atoms with Crippen molar-refractivity contribution in [2.75, 3.05) is 0 Å². The van der Waals surface area contributed by atoms with Crippen molar-refractivity contribution < 1.29 is 4.39 Å². The summed E-state index contributed by atoms with van der Waals surface area (Å²) in [6.45, 7) is 2.30. The van der Waals surface area contributed by atoms with E-state index >= 15 is 0 Å². The van der Waals surface area contributed by atoms with Crippen LogP contribution in [0.3, 0.4) is 0 Å². The zero-order valence-electron chi connectivity index (χ0n) is 9.86. The maximum absolute atomic E-state index is 12.9. The third-order valence-electron chi connectivity index (χ3n) is 2.63. The van der Waals surface area contributed by atoms with Crippen LogP contribution in [0.4, 0.5) is 4.39 Å². The molecule has 0 saturated heterocycles. The molecule has 0 N–H and O–H groups in total. The van der Waals surface area contributed by atoms with Crippen molar-refractivity contribution in [3.05, 3.63) is 52.1 Å². The molecule has 18 heavy (non-hydrogen) atoms. The first-order chi connectivity index (χ1) is 8.65. The Labute approximate surface area is 109 Å². The van der Waals surface area contributed by atoms with Crippen LogP contribution in [0.1, 0.15) is 12.5 Å². The Kier molecular flexibility index (Phi) is 3.77. The molecule has 0 aliphatic carbocycles. The molecule has 0 saturated carbocycles. The highest BCUT2D eigenvalue weighted by Crippen LogP contribution is 2.17. The van der Waals surface area contributed by atoms with Crippen molar-refractivity contribution in [1.29, 1.82) is 0 Å². The number of alkyl halides is 1. The van der Waals surface area contributed by atoms with E-state index < -0.39 is 0 Å². The smallest absolute Gasteiger partial charge is 0.267 e. The van der Waals surface area contributed by atoms with Gasteiger partial charge in [0.1, 0.15) is 5.82 Å². The first-order valence-corrected chi connectivity index (χ1v) is 6.12. The summed E-state index contributed by atoms with van der Waals surface area (Å²) in [7, 11) is 0. The maximum atomic E-state index is 12.9. The standard InChI is InChI=1S/C13H12ClFN2O/c1-2-17-13(18)10(8-14)7-12(16-17)9-3-5-11(15)6-4-9/h3-7H,2,8H2,1H3. The van der Waals surface area contributed by atoms with Gasteiger partial charge in [0.2, 0.25) is 0 Å². The predicted octanol–water partition coefficient (Wildman–Crippen LogP) is 2.81. The van der Waals surface area contributed by atoms with Crippen molar-refractivity contribution >= 4 is 11.6 Å². The van der Waals surface area contributed by atoms with Gasteiger partial charge in [-0.3, -0.25) is 4.79 Å². The van der Waals surface area contributed by atoms with E-state index in [4.69, 9.17) is 11.6 Å². The molecule has 0 fully saturated rings. The second-order valence-electron chi connectivity index (χ2n) is 3.82. The highest BCUT2D eigenvalue weighted by Gasteiger charge is 2.08. The van der Waals surface area contributed by atoms with Crippen LogP contribution in [0, 0.1) is 5.82 Å². The SMILES string of the molecule is CCn1nc(-c2ccc(F)cc2)cc(CCl)c1=O. The highest BCUT2D eigenvalue weighted by atomic mass is 35.5. The number of hydrogen-bond acceptors (Lipinski definition) is 2. The normalized spacial score (nSPS) is 10.6. The van der Waals surface area contributed by atoms with Gasteiger partial charge in [-0.05, 0) is 37.3 Å². The Morgan fingerprint density at radius 1 is 1.33 bits per heavy atom. The Hall–Kier alpha value is -1.68. The van der Waals surface area contributed by atoms with E-state index in [1.165, 1.54) is 16.8 Å². The summed E-state index contributed by atoms with van der Waals surface area (Å²) >= 11 is 5.74. The number of aromatic nitrogens is 2. The summed E-state index contributed by atoms with van der Waals surface area (Å²) in [5.41, 5.74) is 1.68. The first-order valence-electron chi connectivity index (χ1n) is 5.58. The van der Waals surface area contributed by atoms with Crippen LogP contribution in [0.2, 0.25) is 0 Å². The van der Waals surface area contributed by atoms with E-state index in [9.17, 15) is 9.18 Å². The van der Waals surface area contributed by atoms with E-state index in [0.29, 0.717) is 17.8 Å². The number of aryl methyl sites for hydroxylation is 1. The number of benzene rings is 1. The molecule has 0 aliphatic rings. The van der Waals surface area contributed by atoms with Crippen LogP contribution in [0.15, 0.2) is 35.1 Å². The zero-order valence-corrected chi connectivity index (χ0v) is 10.6. The topological polar surface area (TPSA) is 34.9 Å². The Morgan fingerprint density at radius 3 is 2.56 bits per heavy atom. The third-order valence-corrected chi connectivity index (χ3v) is 2.92. The Morgan fingerprint density at radius 2 is 2.00 bits per heavy atom. The van der Waals surface area contributed by atoms with E-state index in [0.717, 1.165) is 5.56 Å². The van der Waals surface area contributed by atoms with E-state index in [1.807, 2.05) is 6.92 Å². The van der Waals surface area contributed by atoms with E-state index in [2.05, 4.69) is 5.10 Å². The van der Waals surface area contributed by atoms with E-state index in [-0.39, 0.29) is 17.3 Å². The molecule has 0 bridgehead atoms. The van der Waals surface area contributed by atoms with Crippen molar-refractivity contribution in [3.63, 3.8) is 0 Å². The van der Waals surface area contributed by atoms with Gasteiger partial charge in [0, 0.05) is 17.7 Å². The van der Waals surface area contributed by atoms with Gasteiger partial charge in [-0.2, -0.15) is 5.10 Å². The second-order valence-corrected chi connectivity index (χ2v) is 4.08. The van der Waals surface area contributed by atoms with Crippen LogP contribution in [-0.4, -0.2) is 9.78 Å². The summed E-state index contributed by atoms with van der Waals surface area (Å²) in [6, 6.07) is 7.62. The molecular weight excluding hydrogens is 255 g/mol. The second kappa shape index (κ2) is 5.31. The van der Waals surface area contributed by atoms with Crippen LogP contribution < -0.4 is 5.56 Å². The minimum atomic E-state index is -0.305. The molecule has 0 radical (unpaired) electrons. The molecule has 5 heteroatoms. The summed E-state index contributed by atoms with van der Waals surface area (Å²) in [6.07, 6.45) is 0. The molecule has 0 unspecified atom stereocenters. The molecule has 2 aromatic rings. The fraction of sp³-hybridized carbons (Fsp3) is 0.231. The number of halogens is 2. The Balaban J connectivity index is 2.57. The monoisotopic (exact) mass is 266 g/mol. The number of rotatable bonds is 3. The highest BCUT2D eigenvalue weighted by molar-refractivity contribution is 6.17. The first kappa shape index (κ1) is 12.8. The molecule has 2 rings (SSSR count). The molecule has 1 aromatic carbocycles. The van der Waals surface area contributed by atoms with Gasteiger partial charge < -0.3 is 0 Å². The third kappa shape index (κ3) is 2.43. The van der Waals surface area contributed by atoms with Gasteiger partial charge in [-0.15, -0.1) is 11.6 Å². The van der Waals surface area contributed by atoms with Gasteiger partial charge in [0.25, 0.3) is 5.56 Å². The van der Waals surface area contributed by atoms with Crippen molar-refractivity contribution in [2.45, 2.75) is 19.3 Å². The lowest BCUT2D eigenvalue weighted by Crippen LogP contribution is -2.25. The minimum Gasteiger partial charge on any atom is -0.267 e. The van der Waals surface area contributed by atoms with Crippen molar-refractivity contribution in [2.24, 2.45) is 0 Å². The Bertz CT molecular complexity index is 579. The number of hydrogen-bond donors (Lipinski definition) is 0. The van der Waals surface area contributed by atoms with Crippen LogP contribution >= 0.6 is 11.6 Å². The largest absolute Gasteiger partial charge is 0.271 e. The summed E-state index contributed by atoms with van der Waals surface area (Å²) < 4.78 is 14.2. The van der Waals surface area contributed by atoms with Gasteiger partial charge in [0.15, 0.2) is 0 Å². The van der Waals surface area contributed by atoms with Crippen LogP contribution in [0.25, 0.3) is 11.3 Å². The molecule has 0 amide bonds. The lowest BCUT2D eigenvalue weighted by Gasteiger charge is -2.07. The van der Waals surface area contributed by atoms with Gasteiger partial charge in [0.05, 0.1) is 11.6 Å². The van der Waals surface area contributed by atoms with Gasteiger partial charge in [-0.25, -0.2) is 9.07 Å². The summed E-state index contributed by atoms with van der Waals surface area (Å²) in [4.78, 5) is 11.8. The fourth-order valence-corrected chi connectivity index (χ4v) is 1.86. The summed E-state index contributed by atoms with van der Waals surface area (Å²) in [5.74, 6) is -0.171. The molecule has 0 spiro atoms. The lowest BCUT2D eigenvalue weighted by atomic mass is 10.1. The molecule has 3 nitrogen and oxygen atoms in total. The molecule has 1 heterocycles. The molecule has 0 aliphatic heterocycles. The quantitative estimate of drug-likeness (QED) is 0.801. The average Bonchev–Trinajstić information content (AvgIpc) is 2.40. The van der Waals surface area contributed by atoms with Crippen LogP contribution in [-0.2, 0) is 12.4 Å². The average molecular weight is 267 g/mol. The number of nitrogens with zero attached hydrogens (tertiary/aromatic N) is 2. The van der Waals surface area contributed by atoms with Crippen molar-refractivity contribution in [1.82, 2.24) is 9.78 Å².